The predicted octanol–water partition coefficient (Wildman–Crippen LogP) is 2.27. The molecule has 0 heterocycles. The van der Waals surface area contributed by atoms with Crippen LogP contribution >= 0.6 is 0 Å². The summed E-state index contributed by atoms with van der Waals surface area (Å²) in [5.74, 6) is -0.209. The van der Waals surface area contributed by atoms with Crippen LogP contribution in [0.5, 0.6) is 0 Å². The minimum absolute atomic E-state index is 0.209. The number of carbonyl (C=O) groups excluding carboxylic acids is 1. The second-order valence-corrected chi connectivity index (χ2v) is 3.07. The molecule has 0 saturated heterocycles. The first-order valence-corrected chi connectivity index (χ1v) is 4.55. The van der Waals surface area contributed by atoms with E-state index in [1.165, 1.54) is 0 Å². The number of ether oxygens (including phenoxy) is 1. The topological polar surface area (TPSA) is 26.3 Å². The molecule has 1 aromatic carbocycles. The van der Waals surface area contributed by atoms with Gasteiger partial charge in [0.2, 0.25) is 0 Å². The minimum Gasteiger partial charge on any atom is -0.461 e. The molecule has 14 heavy (non-hydrogen) atoms. The second kappa shape index (κ2) is 5.22. The van der Waals surface area contributed by atoms with E-state index in [0.717, 1.165) is 11.1 Å². The summed E-state index contributed by atoms with van der Waals surface area (Å²) in [6.07, 6.45) is 1.90. The molecule has 0 bridgehead atoms. The summed E-state index contributed by atoms with van der Waals surface area (Å²) in [5.41, 5.74) is 2.13. The van der Waals surface area contributed by atoms with Gasteiger partial charge < -0.3 is 4.74 Å². The highest BCUT2D eigenvalue weighted by molar-refractivity contribution is 5.73. The lowest BCUT2D eigenvalue weighted by atomic mass is 10.1. The second-order valence-electron chi connectivity index (χ2n) is 3.07. The van der Waals surface area contributed by atoms with E-state index in [1.54, 1.807) is 6.08 Å². The highest BCUT2D eigenvalue weighted by Gasteiger charge is 2.05. The molecule has 74 valence electrons. The fourth-order valence-corrected chi connectivity index (χ4v) is 1.17. The van der Waals surface area contributed by atoms with Gasteiger partial charge in [-0.3, -0.25) is 4.79 Å². The molecule has 2 nitrogen and oxygen atoms in total. The Labute approximate surface area is 84.2 Å². The summed E-state index contributed by atoms with van der Waals surface area (Å²) in [5, 5.41) is 0. The van der Waals surface area contributed by atoms with E-state index in [1.807, 2.05) is 31.2 Å². The molecule has 0 aliphatic rings. The van der Waals surface area contributed by atoms with E-state index >= 15 is 0 Å². The van der Waals surface area contributed by atoms with Gasteiger partial charge in [-0.15, -0.1) is 0 Å². The van der Waals surface area contributed by atoms with Crippen LogP contribution < -0.4 is 0 Å². The molecule has 0 N–H and O–H groups in total. The quantitative estimate of drug-likeness (QED) is 0.537. The van der Waals surface area contributed by atoms with Crippen LogP contribution in [0.3, 0.4) is 0 Å². The van der Waals surface area contributed by atoms with E-state index in [4.69, 9.17) is 4.74 Å². The van der Waals surface area contributed by atoms with Crippen molar-refractivity contribution in [3.8, 4) is 0 Å². The van der Waals surface area contributed by atoms with E-state index in [2.05, 4.69) is 6.58 Å². The maximum Gasteiger partial charge on any atom is 0.310 e. The van der Waals surface area contributed by atoms with Crippen molar-refractivity contribution >= 4 is 5.97 Å². The molecule has 0 fully saturated rings. The molecule has 0 aromatic heterocycles. The number of carbonyl (C=O) groups is 1. The minimum atomic E-state index is -0.209. The Morgan fingerprint density at radius 3 is 2.86 bits per heavy atom. The molecule has 0 amide bonds. The largest absolute Gasteiger partial charge is 0.461 e. The molecular formula is C12H14O2. The van der Waals surface area contributed by atoms with Crippen molar-refractivity contribution in [2.75, 3.05) is 6.61 Å². The van der Waals surface area contributed by atoms with Crippen LogP contribution in [-0.4, -0.2) is 12.6 Å². The molecule has 0 saturated carbocycles. The maximum atomic E-state index is 11.3. The van der Waals surface area contributed by atoms with Crippen LogP contribution in [0.2, 0.25) is 0 Å². The molecule has 2 heteroatoms. The highest BCUT2D eigenvalue weighted by atomic mass is 16.5. The number of rotatable bonds is 4. The van der Waals surface area contributed by atoms with Crippen LogP contribution in [0.1, 0.15) is 11.1 Å². The van der Waals surface area contributed by atoms with Crippen molar-refractivity contribution in [3.63, 3.8) is 0 Å². The lowest BCUT2D eigenvalue weighted by Gasteiger charge is -2.04. The molecule has 1 aromatic rings. The zero-order valence-electron chi connectivity index (χ0n) is 8.32. The molecular weight excluding hydrogens is 176 g/mol. The first-order chi connectivity index (χ1) is 6.74. The first-order valence-electron chi connectivity index (χ1n) is 4.55. The van der Waals surface area contributed by atoms with Crippen molar-refractivity contribution in [1.29, 1.82) is 0 Å². The van der Waals surface area contributed by atoms with Crippen molar-refractivity contribution in [3.05, 3.63) is 48.0 Å². The fourth-order valence-electron chi connectivity index (χ4n) is 1.17. The molecule has 0 unspecified atom stereocenters. The lowest BCUT2D eigenvalue weighted by molar-refractivity contribution is -0.141. The van der Waals surface area contributed by atoms with Gasteiger partial charge in [-0.25, -0.2) is 0 Å². The summed E-state index contributed by atoms with van der Waals surface area (Å²) in [4.78, 5) is 11.3. The van der Waals surface area contributed by atoms with E-state index in [9.17, 15) is 4.79 Å². The van der Waals surface area contributed by atoms with Gasteiger partial charge in [0.05, 0.1) is 6.42 Å². The summed E-state index contributed by atoms with van der Waals surface area (Å²) in [7, 11) is 0. The van der Waals surface area contributed by atoms with Gasteiger partial charge in [-0.1, -0.05) is 36.9 Å². The molecule has 0 aliphatic heterocycles. The van der Waals surface area contributed by atoms with E-state index in [0.29, 0.717) is 6.42 Å². The standard InChI is InChI=1S/C12H14O2/c1-3-8-14-12(13)9-11-7-5-4-6-10(11)2/h3-7H,1,8-9H2,2H3. The van der Waals surface area contributed by atoms with Crippen molar-refractivity contribution in [2.45, 2.75) is 13.3 Å². The molecule has 1 rings (SSSR count). The first kappa shape index (κ1) is 10.5. The normalized spacial score (nSPS) is 9.50. The van der Waals surface area contributed by atoms with Crippen LogP contribution in [0, 0.1) is 6.92 Å². The summed E-state index contributed by atoms with van der Waals surface area (Å²) >= 11 is 0. The van der Waals surface area contributed by atoms with Crippen molar-refractivity contribution in [2.24, 2.45) is 0 Å². The number of benzene rings is 1. The van der Waals surface area contributed by atoms with E-state index in [-0.39, 0.29) is 12.6 Å². The Morgan fingerprint density at radius 2 is 2.21 bits per heavy atom. The fraction of sp³-hybridized carbons (Fsp3) is 0.250. The van der Waals surface area contributed by atoms with Crippen LogP contribution in [0.25, 0.3) is 0 Å². The number of hydrogen-bond acceptors (Lipinski definition) is 2. The summed E-state index contributed by atoms with van der Waals surface area (Å²) in [6.45, 7) is 5.74. The van der Waals surface area contributed by atoms with Gasteiger partial charge in [0.25, 0.3) is 0 Å². The number of aryl methyl sites for hydroxylation is 1. The molecule has 0 radical (unpaired) electrons. The zero-order chi connectivity index (χ0) is 10.4. The monoisotopic (exact) mass is 190 g/mol. The number of esters is 1. The van der Waals surface area contributed by atoms with Crippen molar-refractivity contribution < 1.29 is 9.53 Å². The van der Waals surface area contributed by atoms with Crippen LogP contribution in [-0.2, 0) is 16.0 Å². The van der Waals surface area contributed by atoms with Gasteiger partial charge in [0, 0.05) is 0 Å². The van der Waals surface area contributed by atoms with E-state index < -0.39 is 0 Å². The molecule has 0 aliphatic carbocycles. The Kier molecular flexibility index (Phi) is 3.92. The SMILES string of the molecule is C=CCOC(=O)Cc1ccccc1C. The third-order valence-electron chi connectivity index (χ3n) is 1.96. The maximum absolute atomic E-state index is 11.3. The number of hydrogen-bond donors (Lipinski definition) is 0. The summed E-state index contributed by atoms with van der Waals surface area (Å²) in [6, 6.07) is 7.79. The average Bonchev–Trinajstić information content (AvgIpc) is 2.18. The van der Waals surface area contributed by atoms with Gasteiger partial charge in [-0.2, -0.15) is 0 Å². The van der Waals surface area contributed by atoms with Crippen LogP contribution in [0.4, 0.5) is 0 Å². The lowest BCUT2D eigenvalue weighted by Crippen LogP contribution is -2.08. The Balaban J connectivity index is 2.56. The van der Waals surface area contributed by atoms with Gasteiger partial charge in [0.15, 0.2) is 0 Å². The molecule has 0 spiro atoms. The summed E-state index contributed by atoms with van der Waals surface area (Å²) < 4.78 is 4.89. The Hall–Kier alpha value is -1.57. The smallest absolute Gasteiger partial charge is 0.310 e. The van der Waals surface area contributed by atoms with Gasteiger partial charge >= 0.3 is 5.97 Å². The van der Waals surface area contributed by atoms with Crippen LogP contribution in [0.15, 0.2) is 36.9 Å². The van der Waals surface area contributed by atoms with Gasteiger partial charge in [-0.05, 0) is 18.1 Å². The third-order valence-corrected chi connectivity index (χ3v) is 1.96. The molecule has 0 atom stereocenters. The highest BCUT2D eigenvalue weighted by Crippen LogP contribution is 2.08. The third kappa shape index (κ3) is 3.05. The Morgan fingerprint density at radius 1 is 1.50 bits per heavy atom. The van der Waals surface area contributed by atoms with Crippen molar-refractivity contribution in [1.82, 2.24) is 0 Å². The zero-order valence-corrected chi connectivity index (χ0v) is 8.32. The predicted molar refractivity (Wildman–Crippen MR) is 56.0 cm³/mol. The Bertz CT molecular complexity index is 329. The average molecular weight is 190 g/mol. The van der Waals surface area contributed by atoms with Gasteiger partial charge in [0.1, 0.15) is 6.61 Å².